The van der Waals surface area contributed by atoms with E-state index in [-0.39, 0.29) is 10.7 Å². The monoisotopic (exact) mass is 178 g/mol. The van der Waals surface area contributed by atoms with Crippen LogP contribution in [0.2, 0.25) is 5.02 Å². The van der Waals surface area contributed by atoms with E-state index in [1.165, 1.54) is 0 Å². The standard InChI is InChI=1S/C6H5ClF2N2/c7-6-4(9)1-3(8)2-5(6)11-10/h1-2,11H,10H2. The second kappa shape index (κ2) is 3.02. The van der Waals surface area contributed by atoms with E-state index >= 15 is 0 Å². The van der Waals surface area contributed by atoms with Gasteiger partial charge in [0.2, 0.25) is 0 Å². The highest BCUT2D eigenvalue weighted by atomic mass is 35.5. The molecule has 0 aromatic heterocycles. The second-order valence-electron chi connectivity index (χ2n) is 1.89. The first-order valence-corrected chi connectivity index (χ1v) is 3.14. The van der Waals surface area contributed by atoms with Crippen LogP contribution in [0.15, 0.2) is 12.1 Å². The molecule has 0 aliphatic heterocycles. The van der Waals surface area contributed by atoms with Crippen molar-refractivity contribution in [3.05, 3.63) is 28.8 Å². The van der Waals surface area contributed by atoms with Gasteiger partial charge in [0.05, 0.1) is 5.69 Å². The molecule has 1 rings (SSSR count). The summed E-state index contributed by atoms with van der Waals surface area (Å²) in [5.41, 5.74) is 2.10. The van der Waals surface area contributed by atoms with Gasteiger partial charge in [0.15, 0.2) is 0 Å². The zero-order valence-corrected chi connectivity index (χ0v) is 6.12. The molecule has 1 aromatic carbocycles. The van der Waals surface area contributed by atoms with Gasteiger partial charge in [-0.25, -0.2) is 8.78 Å². The van der Waals surface area contributed by atoms with Gasteiger partial charge in [-0.2, -0.15) is 0 Å². The van der Waals surface area contributed by atoms with E-state index in [2.05, 4.69) is 5.43 Å². The van der Waals surface area contributed by atoms with Crippen LogP contribution in [0.25, 0.3) is 0 Å². The summed E-state index contributed by atoms with van der Waals surface area (Å²) in [5.74, 6) is 3.36. The van der Waals surface area contributed by atoms with Crippen molar-refractivity contribution in [1.29, 1.82) is 0 Å². The average Bonchev–Trinajstić information content (AvgIpc) is 1.96. The largest absolute Gasteiger partial charge is 0.323 e. The van der Waals surface area contributed by atoms with Gasteiger partial charge < -0.3 is 5.43 Å². The summed E-state index contributed by atoms with van der Waals surface area (Å²) in [4.78, 5) is 0. The fraction of sp³-hybridized carbons (Fsp3) is 0. The highest BCUT2D eigenvalue weighted by Crippen LogP contribution is 2.24. The Hall–Kier alpha value is -0.870. The van der Waals surface area contributed by atoms with Gasteiger partial charge >= 0.3 is 0 Å². The van der Waals surface area contributed by atoms with Gasteiger partial charge in [-0.05, 0) is 0 Å². The number of rotatable bonds is 1. The van der Waals surface area contributed by atoms with E-state index < -0.39 is 11.6 Å². The molecule has 2 nitrogen and oxygen atoms in total. The first-order chi connectivity index (χ1) is 5.15. The average molecular weight is 179 g/mol. The number of hydrogen-bond donors (Lipinski definition) is 2. The lowest BCUT2D eigenvalue weighted by molar-refractivity contribution is 0.584. The first kappa shape index (κ1) is 8.23. The molecule has 0 unspecified atom stereocenters. The molecule has 0 amide bonds. The van der Waals surface area contributed by atoms with Crippen molar-refractivity contribution in [2.75, 3.05) is 5.43 Å². The van der Waals surface area contributed by atoms with Gasteiger partial charge in [0, 0.05) is 12.1 Å². The maximum Gasteiger partial charge on any atom is 0.146 e. The molecule has 0 spiro atoms. The van der Waals surface area contributed by atoms with Crippen LogP contribution >= 0.6 is 11.6 Å². The number of nitrogens with one attached hydrogen (secondary N) is 1. The molecular formula is C6H5ClF2N2. The van der Waals surface area contributed by atoms with Crippen LogP contribution < -0.4 is 11.3 Å². The molecule has 0 aliphatic rings. The molecule has 0 radical (unpaired) electrons. The molecule has 60 valence electrons. The Balaban J connectivity index is 3.24. The fourth-order valence-corrected chi connectivity index (χ4v) is 0.825. The Morgan fingerprint density at radius 3 is 2.55 bits per heavy atom. The Morgan fingerprint density at radius 2 is 2.00 bits per heavy atom. The molecule has 0 saturated heterocycles. The van der Waals surface area contributed by atoms with E-state index in [1.54, 1.807) is 0 Å². The zero-order valence-electron chi connectivity index (χ0n) is 5.37. The van der Waals surface area contributed by atoms with Crippen LogP contribution in [-0.2, 0) is 0 Å². The number of halogens is 3. The SMILES string of the molecule is NNc1cc(F)cc(F)c1Cl. The summed E-state index contributed by atoms with van der Waals surface area (Å²) >= 11 is 5.38. The lowest BCUT2D eigenvalue weighted by Gasteiger charge is -2.02. The van der Waals surface area contributed by atoms with Crippen LogP contribution in [0, 0.1) is 11.6 Å². The van der Waals surface area contributed by atoms with Crippen molar-refractivity contribution in [2.24, 2.45) is 5.84 Å². The van der Waals surface area contributed by atoms with E-state index in [4.69, 9.17) is 17.4 Å². The minimum atomic E-state index is -0.834. The van der Waals surface area contributed by atoms with E-state index in [9.17, 15) is 8.78 Å². The van der Waals surface area contributed by atoms with E-state index in [0.717, 1.165) is 6.07 Å². The molecule has 5 heteroatoms. The summed E-state index contributed by atoms with van der Waals surface area (Å²) in [7, 11) is 0. The molecule has 11 heavy (non-hydrogen) atoms. The number of hydrazine groups is 1. The highest BCUT2D eigenvalue weighted by Gasteiger charge is 2.06. The third-order valence-corrected chi connectivity index (χ3v) is 1.53. The summed E-state index contributed by atoms with van der Waals surface area (Å²) in [5, 5.41) is -0.214. The Kier molecular flexibility index (Phi) is 2.26. The van der Waals surface area contributed by atoms with Crippen molar-refractivity contribution in [1.82, 2.24) is 0 Å². The molecule has 0 fully saturated rings. The fourth-order valence-electron chi connectivity index (χ4n) is 0.661. The number of nitrogen functional groups attached to an aromatic ring is 1. The molecule has 0 saturated carbocycles. The molecule has 0 atom stereocenters. The number of anilines is 1. The van der Waals surface area contributed by atoms with Crippen molar-refractivity contribution in [2.45, 2.75) is 0 Å². The van der Waals surface area contributed by atoms with Crippen LogP contribution in [0.5, 0.6) is 0 Å². The molecule has 0 bridgehead atoms. The third kappa shape index (κ3) is 1.58. The quantitative estimate of drug-likeness (QED) is 0.392. The number of benzene rings is 1. The minimum Gasteiger partial charge on any atom is -0.323 e. The van der Waals surface area contributed by atoms with Crippen molar-refractivity contribution in [3.8, 4) is 0 Å². The highest BCUT2D eigenvalue weighted by molar-refractivity contribution is 6.33. The third-order valence-electron chi connectivity index (χ3n) is 1.15. The van der Waals surface area contributed by atoms with Gasteiger partial charge in [0.25, 0.3) is 0 Å². The van der Waals surface area contributed by atoms with Crippen LogP contribution in [-0.4, -0.2) is 0 Å². The van der Waals surface area contributed by atoms with Crippen LogP contribution in [0.1, 0.15) is 0 Å². The maximum atomic E-state index is 12.6. The van der Waals surface area contributed by atoms with E-state index in [0.29, 0.717) is 6.07 Å². The van der Waals surface area contributed by atoms with Gasteiger partial charge in [0.1, 0.15) is 16.7 Å². The Labute approximate surface area is 66.9 Å². The molecule has 0 aliphatic carbocycles. The van der Waals surface area contributed by atoms with Gasteiger partial charge in [-0.15, -0.1) is 0 Å². The van der Waals surface area contributed by atoms with Crippen molar-refractivity contribution < 1.29 is 8.78 Å². The summed E-state index contributed by atoms with van der Waals surface area (Å²) in [6.45, 7) is 0. The smallest absolute Gasteiger partial charge is 0.146 e. The molecular weight excluding hydrogens is 174 g/mol. The van der Waals surface area contributed by atoms with Crippen LogP contribution in [0.3, 0.4) is 0 Å². The Morgan fingerprint density at radius 1 is 1.36 bits per heavy atom. The first-order valence-electron chi connectivity index (χ1n) is 2.76. The maximum absolute atomic E-state index is 12.6. The lowest BCUT2D eigenvalue weighted by atomic mass is 10.3. The predicted molar refractivity (Wildman–Crippen MR) is 39.2 cm³/mol. The topological polar surface area (TPSA) is 38.0 Å². The minimum absolute atomic E-state index is 0.0316. The van der Waals surface area contributed by atoms with Gasteiger partial charge in [-0.1, -0.05) is 11.6 Å². The Bertz CT molecular complexity index is 278. The van der Waals surface area contributed by atoms with Crippen molar-refractivity contribution >= 4 is 17.3 Å². The summed E-state index contributed by atoms with van der Waals surface area (Å²) in [6.07, 6.45) is 0. The molecule has 1 aromatic rings. The normalized spacial score (nSPS) is 9.82. The molecule has 0 heterocycles. The predicted octanol–water partition coefficient (Wildman–Crippen LogP) is 1.90. The lowest BCUT2D eigenvalue weighted by Crippen LogP contribution is -2.08. The van der Waals surface area contributed by atoms with E-state index in [1.807, 2.05) is 0 Å². The summed E-state index contributed by atoms with van der Waals surface area (Å²) < 4.78 is 25.0. The second-order valence-corrected chi connectivity index (χ2v) is 2.27. The van der Waals surface area contributed by atoms with Crippen molar-refractivity contribution in [3.63, 3.8) is 0 Å². The van der Waals surface area contributed by atoms with Crippen LogP contribution in [0.4, 0.5) is 14.5 Å². The zero-order chi connectivity index (χ0) is 8.43. The number of hydrogen-bond acceptors (Lipinski definition) is 2. The number of nitrogens with two attached hydrogens (primary N) is 1. The summed E-state index contributed by atoms with van der Waals surface area (Å²) in [6, 6.07) is 1.69. The van der Waals surface area contributed by atoms with Gasteiger partial charge in [-0.3, -0.25) is 5.84 Å². The molecule has 3 N–H and O–H groups in total.